The van der Waals surface area contributed by atoms with Crippen LogP contribution in [-0.2, 0) is 14.6 Å². The molecule has 42 heavy (non-hydrogen) atoms. The van der Waals surface area contributed by atoms with Crippen LogP contribution in [0.25, 0.3) is 5.57 Å². The molecule has 2 amide bonds. The first-order valence-electron chi connectivity index (χ1n) is 13.0. The number of hydrogen-bond acceptors (Lipinski definition) is 8. The van der Waals surface area contributed by atoms with Crippen LogP contribution in [0.3, 0.4) is 0 Å². The minimum Gasteiger partial charge on any atom is -0.394 e. The first-order chi connectivity index (χ1) is 19.4. The Morgan fingerprint density at radius 1 is 1.21 bits per heavy atom. The summed E-state index contributed by atoms with van der Waals surface area (Å²) in [6, 6.07) is 0.290. The highest BCUT2D eigenvalue weighted by Gasteiger charge is 2.60. The summed E-state index contributed by atoms with van der Waals surface area (Å²) < 4.78 is 66.1. The number of aliphatic hydroxyl groups is 2. The van der Waals surface area contributed by atoms with E-state index in [2.05, 4.69) is 39.1 Å². The fraction of sp³-hybridized carbons (Fsp3) is 0.464. The lowest BCUT2D eigenvalue weighted by molar-refractivity contribution is -0.0887. The molecule has 0 aromatic carbocycles. The first kappa shape index (κ1) is 34.7. The molecule has 0 aliphatic heterocycles. The Balaban J connectivity index is 2.58. The van der Waals surface area contributed by atoms with E-state index in [1.165, 1.54) is 24.3 Å². The lowest BCUT2D eigenvalue weighted by atomic mass is 10.1. The van der Waals surface area contributed by atoms with Gasteiger partial charge in [0.2, 0.25) is 0 Å². The standard InChI is InChI=1S/C28H38F3N5O5S/c1-8-20(11-10-17(3)33-25(39)36-26(6,7)16-38)24-34-22(14-23(35-24)32-18(4)15-37)27(12-13-27)42(40,41)19(5)21(9-2)28(29,30)31/h8-11,14,18,37-38H,1,5,12-13,15-16H2,2-4,6-7H3,(H,32,34,35)(H2,33,36,39)/b17-10+,20-11+,21-9+/t18-/m0/s1. The van der Waals surface area contributed by atoms with E-state index in [0.717, 1.165) is 6.92 Å². The molecule has 0 unspecified atom stereocenters. The summed E-state index contributed by atoms with van der Waals surface area (Å²) in [5.41, 5.74) is -1.52. The molecule has 0 saturated heterocycles. The van der Waals surface area contributed by atoms with Crippen LogP contribution in [0, 0.1) is 0 Å². The van der Waals surface area contributed by atoms with Gasteiger partial charge in [-0.1, -0.05) is 25.3 Å². The number of anilines is 1. The molecule has 1 heterocycles. The number of alkyl halides is 3. The second kappa shape index (κ2) is 13.2. The zero-order valence-electron chi connectivity index (χ0n) is 24.3. The van der Waals surface area contributed by atoms with Crippen molar-refractivity contribution >= 4 is 27.3 Å². The Bertz CT molecular complexity index is 1410. The predicted molar refractivity (Wildman–Crippen MR) is 156 cm³/mol. The van der Waals surface area contributed by atoms with Gasteiger partial charge in [0.1, 0.15) is 10.6 Å². The fourth-order valence-electron chi connectivity index (χ4n) is 3.87. The number of rotatable bonds is 13. The summed E-state index contributed by atoms with van der Waals surface area (Å²) in [6.07, 6.45) is 0.224. The summed E-state index contributed by atoms with van der Waals surface area (Å²) in [4.78, 5) is 20.0. The average molecular weight is 614 g/mol. The number of aliphatic hydroxyl groups excluding tert-OH is 2. The van der Waals surface area contributed by atoms with Gasteiger partial charge in [-0.15, -0.1) is 0 Å². The van der Waals surface area contributed by atoms with E-state index in [1.807, 2.05) is 0 Å². The number of urea groups is 1. The van der Waals surface area contributed by atoms with Crippen LogP contribution in [0.4, 0.5) is 23.8 Å². The van der Waals surface area contributed by atoms with Crippen molar-refractivity contribution in [1.29, 1.82) is 0 Å². The van der Waals surface area contributed by atoms with Crippen LogP contribution in [0.1, 0.15) is 59.0 Å². The largest absolute Gasteiger partial charge is 0.417 e. The smallest absolute Gasteiger partial charge is 0.394 e. The molecule has 14 heteroatoms. The Kier molecular flexibility index (Phi) is 10.9. The van der Waals surface area contributed by atoms with Gasteiger partial charge in [0, 0.05) is 23.4 Å². The van der Waals surface area contributed by atoms with E-state index in [-0.39, 0.29) is 43.4 Å². The van der Waals surface area contributed by atoms with Gasteiger partial charge in [-0.3, -0.25) is 0 Å². The Hall–Kier alpha value is -3.49. The van der Waals surface area contributed by atoms with Gasteiger partial charge in [-0.25, -0.2) is 23.2 Å². The van der Waals surface area contributed by atoms with Crippen LogP contribution < -0.4 is 16.0 Å². The van der Waals surface area contributed by atoms with Crippen LogP contribution in [-0.4, -0.2) is 65.6 Å². The third kappa shape index (κ3) is 8.07. The van der Waals surface area contributed by atoms with Crippen LogP contribution in [0.5, 0.6) is 0 Å². The molecule has 1 saturated carbocycles. The Morgan fingerprint density at radius 2 is 1.83 bits per heavy atom. The van der Waals surface area contributed by atoms with E-state index < -0.39 is 48.9 Å². The first-order valence-corrected chi connectivity index (χ1v) is 14.5. The minimum atomic E-state index is -4.92. The summed E-state index contributed by atoms with van der Waals surface area (Å²) in [6.45, 7) is 14.1. The molecular formula is C28H38F3N5O5S. The molecule has 2 rings (SSSR count). The molecule has 0 bridgehead atoms. The maximum Gasteiger partial charge on any atom is 0.417 e. The van der Waals surface area contributed by atoms with Crippen molar-refractivity contribution in [3.8, 4) is 0 Å². The number of amides is 2. The van der Waals surface area contributed by atoms with E-state index >= 15 is 0 Å². The molecular weight excluding hydrogens is 575 g/mol. The molecule has 0 spiro atoms. The zero-order chi connectivity index (χ0) is 32.1. The number of carbonyl (C=O) groups is 1. The third-order valence-electron chi connectivity index (χ3n) is 6.45. The molecule has 1 aromatic rings. The van der Waals surface area contributed by atoms with Gasteiger partial charge < -0.3 is 26.2 Å². The topological polar surface area (TPSA) is 154 Å². The predicted octanol–water partition coefficient (Wildman–Crippen LogP) is 4.24. The van der Waals surface area contributed by atoms with Crippen LogP contribution in [0.15, 0.2) is 59.7 Å². The molecule has 1 aliphatic rings. The van der Waals surface area contributed by atoms with Gasteiger partial charge in [0.05, 0.1) is 34.9 Å². The van der Waals surface area contributed by atoms with Crippen molar-refractivity contribution < 1.29 is 36.6 Å². The highest BCUT2D eigenvalue weighted by atomic mass is 32.2. The van der Waals surface area contributed by atoms with Crippen molar-refractivity contribution in [3.63, 3.8) is 0 Å². The minimum absolute atomic E-state index is 0.0132. The SMILES string of the molecule is C=C/C(=C\C=C(/C)NC(=O)NC(C)(C)CO)c1nc(N[C@@H](C)CO)cc(C2(S(=O)(=O)C(=C)/C(=C\C)C(F)(F)F)CC2)n1. The van der Waals surface area contributed by atoms with E-state index in [9.17, 15) is 36.6 Å². The van der Waals surface area contributed by atoms with Crippen molar-refractivity contribution in [3.05, 3.63) is 71.2 Å². The second-order valence-electron chi connectivity index (χ2n) is 10.6. The number of sulfone groups is 1. The normalized spacial score (nSPS) is 16.9. The lowest BCUT2D eigenvalue weighted by Gasteiger charge is -2.23. The molecule has 1 aliphatic carbocycles. The zero-order valence-corrected chi connectivity index (χ0v) is 25.1. The number of aromatic nitrogens is 2. The second-order valence-corrected chi connectivity index (χ2v) is 12.9. The van der Waals surface area contributed by atoms with Gasteiger partial charge in [0.25, 0.3) is 0 Å². The highest BCUT2D eigenvalue weighted by Crippen LogP contribution is 2.56. The van der Waals surface area contributed by atoms with Crippen LogP contribution in [0.2, 0.25) is 0 Å². The highest BCUT2D eigenvalue weighted by molar-refractivity contribution is 7.96. The summed E-state index contributed by atoms with van der Waals surface area (Å²) in [7, 11) is -4.61. The molecule has 232 valence electrons. The summed E-state index contributed by atoms with van der Waals surface area (Å²) in [5.74, 6) is 0.155. The van der Waals surface area contributed by atoms with E-state index in [0.29, 0.717) is 17.3 Å². The molecule has 10 nitrogen and oxygen atoms in total. The number of nitrogens with zero attached hydrogens (tertiary/aromatic N) is 2. The quantitative estimate of drug-likeness (QED) is 0.207. The van der Waals surface area contributed by atoms with Crippen LogP contribution >= 0.6 is 0 Å². The number of carbonyl (C=O) groups excluding carboxylic acids is 1. The average Bonchev–Trinajstić information content (AvgIpc) is 3.71. The number of allylic oxidation sites excluding steroid dienone is 7. The van der Waals surface area contributed by atoms with Gasteiger partial charge in [-0.2, -0.15) is 13.2 Å². The van der Waals surface area contributed by atoms with Gasteiger partial charge in [0.15, 0.2) is 15.7 Å². The molecule has 0 radical (unpaired) electrons. The van der Waals surface area contributed by atoms with E-state index in [4.69, 9.17) is 0 Å². The Labute approximate surface area is 244 Å². The van der Waals surface area contributed by atoms with E-state index in [1.54, 1.807) is 27.7 Å². The maximum absolute atomic E-state index is 13.6. The third-order valence-corrected chi connectivity index (χ3v) is 8.96. The lowest BCUT2D eigenvalue weighted by Crippen LogP contribution is -2.50. The molecule has 1 aromatic heterocycles. The summed E-state index contributed by atoms with van der Waals surface area (Å²) >= 11 is 0. The Morgan fingerprint density at radius 3 is 2.31 bits per heavy atom. The van der Waals surface area contributed by atoms with Crippen molar-refractivity contribution in [2.24, 2.45) is 0 Å². The molecule has 1 atom stereocenters. The molecule has 1 fully saturated rings. The van der Waals surface area contributed by atoms with Crippen molar-refractivity contribution in [1.82, 2.24) is 20.6 Å². The monoisotopic (exact) mass is 613 g/mol. The number of hydrogen-bond donors (Lipinski definition) is 5. The van der Waals surface area contributed by atoms with Crippen molar-refractivity contribution in [2.75, 3.05) is 18.5 Å². The summed E-state index contributed by atoms with van der Waals surface area (Å²) in [5, 5.41) is 27.0. The number of halogens is 3. The maximum atomic E-state index is 13.6. The fourth-order valence-corrected chi connectivity index (χ4v) is 5.88. The van der Waals surface area contributed by atoms with Gasteiger partial charge in [-0.05, 0) is 59.6 Å². The number of nitrogens with one attached hydrogen (secondary N) is 3. The van der Waals surface area contributed by atoms with Gasteiger partial charge >= 0.3 is 12.2 Å². The van der Waals surface area contributed by atoms with Crippen molar-refractivity contribution in [2.45, 2.75) is 70.0 Å². The molecule has 5 N–H and O–H groups in total.